The van der Waals surface area contributed by atoms with Crippen LogP contribution in [0.3, 0.4) is 0 Å². The minimum atomic E-state index is -1.10. The average molecular weight is 454 g/mol. The van der Waals surface area contributed by atoms with Crippen LogP contribution in [-0.2, 0) is 22.6 Å². The van der Waals surface area contributed by atoms with Crippen molar-refractivity contribution in [2.45, 2.75) is 19.1 Å². The standard InChI is InChI=1S/C23H20ClN3O5/c24-16-5-6-20(31-13-21(28)29)19(11-16)22-18-4-2-1-3-15(18)8-10-27(22)23(30)32-12-17-7-9-25-14-26-17/h1-7,9,11,14,22H,8,10,12-13H2,(H,28,29). The van der Waals surface area contributed by atoms with E-state index in [2.05, 4.69) is 9.97 Å². The maximum atomic E-state index is 13.1. The summed E-state index contributed by atoms with van der Waals surface area (Å²) >= 11 is 6.27. The number of hydrogen-bond donors (Lipinski definition) is 1. The second-order valence-corrected chi connectivity index (χ2v) is 7.60. The van der Waals surface area contributed by atoms with Crippen LogP contribution in [-0.4, -0.2) is 45.2 Å². The van der Waals surface area contributed by atoms with Gasteiger partial charge in [0.05, 0.1) is 11.7 Å². The van der Waals surface area contributed by atoms with Gasteiger partial charge in [-0.05, 0) is 41.8 Å². The number of ether oxygens (including phenoxy) is 2. The van der Waals surface area contributed by atoms with Gasteiger partial charge in [0, 0.05) is 23.3 Å². The molecular weight excluding hydrogens is 434 g/mol. The molecule has 1 aromatic heterocycles. The quantitative estimate of drug-likeness (QED) is 0.604. The molecule has 4 rings (SSSR count). The second-order valence-electron chi connectivity index (χ2n) is 7.16. The summed E-state index contributed by atoms with van der Waals surface area (Å²) in [5, 5.41) is 9.51. The predicted octanol–water partition coefficient (Wildman–Crippen LogP) is 3.88. The Kier molecular flexibility index (Phi) is 6.51. The molecule has 2 aromatic carbocycles. The lowest BCUT2D eigenvalue weighted by Crippen LogP contribution is -2.41. The molecule has 8 nitrogen and oxygen atoms in total. The van der Waals surface area contributed by atoms with Gasteiger partial charge in [-0.25, -0.2) is 19.6 Å². The van der Waals surface area contributed by atoms with Crippen LogP contribution in [0, 0.1) is 0 Å². The summed E-state index contributed by atoms with van der Waals surface area (Å²) in [6.45, 7) is -0.0968. The van der Waals surface area contributed by atoms with E-state index < -0.39 is 24.7 Å². The molecule has 3 aromatic rings. The van der Waals surface area contributed by atoms with Crippen molar-refractivity contribution >= 4 is 23.7 Å². The van der Waals surface area contributed by atoms with E-state index in [0.717, 1.165) is 11.1 Å². The number of aliphatic carboxylic acids is 1. The van der Waals surface area contributed by atoms with E-state index in [9.17, 15) is 9.59 Å². The Balaban J connectivity index is 1.69. The van der Waals surface area contributed by atoms with E-state index in [1.54, 1.807) is 35.4 Å². The SMILES string of the molecule is O=C(O)COc1ccc(Cl)cc1C1c2ccccc2CCN1C(=O)OCc1ccncn1. The molecule has 164 valence electrons. The smallest absolute Gasteiger partial charge is 0.410 e. The lowest BCUT2D eigenvalue weighted by molar-refractivity contribution is -0.139. The molecule has 1 unspecified atom stereocenters. The zero-order valence-corrected chi connectivity index (χ0v) is 17.7. The van der Waals surface area contributed by atoms with E-state index >= 15 is 0 Å². The maximum absolute atomic E-state index is 13.1. The third-order valence-corrected chi connectivity index (χ3v) is 5.36. The van der Waals surface area contributed by atoms with Gasteiger partial charge in [0.15, 0.2) is 6.61 Å². The van der Waals surface area contributed by atoms with Crippen LogP contribution in [0.1, 0.15) is 28.4 Å². The fourth-order valence-corrected chi connectivity index (χ4v) is 3.91. The van der Waals surface area contributed by atoms with Gasteiger partial charge in [-0.2, -0.15) is 0 Å². The highest BCUT2D eigenvalue weighted by Gasteiger charge is 2.35. The first-order chi connectivity index (χ1) is 15.5. The van der Waals surface area contributed by atoms with Gasteiger partial charge in [0.25, 0.3) is 0 Å². The van der Waals surface area contributed by atoms with Gasteiger partial charge in [-0.1, -0.05) is 35.9 Å². The number of carbonyl (C=O) groups is 2. The summed E-state index contributed by atoms with van der Waals surface area (Å²) in [6.07, 6.45) is 3.10. The first-order valence-corrected chi connectivity index (χ1v) is 10.3. The van der Waals surface area contributed by atoms with Crippen LogP contribution in [0.15, 0.2) is 61.1 Å². The maximum Gasteiger partial charge on any atom is 0.410 e. The zero-order chi connectivity index (χ0) is 22.5. The number of amides is 1. The minimum Gasteiger partial charge on any atom is -0.482 e. The zero-order valence-electron chi connectivity index (χ0n) is 17.0. The predicted molar refractivity (Wildman–Crippen MR) is 115 cm³/mol. The number of rotatable bonds is 6. The Morgan fingerprint density at radius 2 is 2.00 bits per heavy atom. The first kappa shape index (κ1) is 21.6. The van der Waals surface area contributed by atoms with Gasteiger partial charge in [0.2, 0.25) is 0 Å². The highest BCUT2D eigenvalue weighted by atomic mass is 35.5. The molecule has 1 amide bonds. The summed E-state index contributed by atoms with van der Waals surface area (Å²) in [7, 11) is 0. The molecule has 0 bridgehead atoms. The molecule has 1 aliphatic rings. The number of benzene rings is 2. The Hall–Kier alpha value is -3.65. The molecule has 32 heavy (non-hydrogen) atoms. The number of hydrogen-bond acceptors (Lipinski definition) is 6. The van der Waals surface area contributed by atoms with Crippen molar-refractivity contribution in [3.63, 3.8) is 0 Å². The number of carbonyl (C=O) groups excluding carboxylic acids is 1. The van der Waals surface area contributed by atoms with E-state index in [1.165, 1.54) is 6.33 Å². The van der Waals surface area contributed by atoms with Crippen LogP contribution >= 0.6 is 11.6 Å². The number of carboxylic acid groups (broad SMARTS) is 1. The van der Waals surface area contributed by atoms with Gasteiger partial charge in [-0.3, -0.25) is 4.90 Å². The average Bonchev–Trinajstić information content (AvgIpc) is 2.81. The van der Waals surface area contributed by atoms with Gasteiger partial charge < -0.3 is 14.6 Å². The summed E-state index contributed by atoms with van der Waals surface area (Å²) < 4.78 is 11.1. The molecule has 1 atom stereocenters. The van der Waals surface area contributed by atoms with E-state index in [-0.39, 0.29) is 6.61 Å². The fourth-order valence-electron chi connectivity index (χ4n) is 3.72. The number of aromatic nitrogens is 2. The van der Waals surface area contributed by atoms with Crippen molar-refractivity contribution < 1.29 is 24.2 Å². The van der Waals surface area contributed by atoms with Gasteiger partial charge in [0.1, 0.15) is 18.7 Å². The molecular formula is C23H20ClN3O5. The van der Waals surface area contributed by atoms with Gasteiger partial charge in [-0.15, -0.1) is 0 Å². The van der Waals surface area contributed by atoms with Crippen LogP contribution in [0.2, 0.25) is 5.02 Å². The number of fused-ring (bicyclic) bond motifs is 1. The first-order valence-electron chi connectivity index (χ1n) is 9.93. The minimum absolute atomic E-state index is 0.00410. The molecule has 0 spiro atoms. The molecule has 9 heteroatoms. The molecule has 2 heterocycles. The molecule has 1 N–H and O–H groups in total. The Labute approximate surface area is 189 Å². The molecule has 0 aliphatic carbocycles. The van der Waals surface area contributed by atoms with Crippen molar-refractivity contribution in [2.24, 2.45) is 0 Å². The molecule has 1 aliphatic heterocycles. The van der Waals surface area contributed by atoms with Gasteiger partial charge >= 0.3 is 12.1 Å². The second kappa shape index (κ2) is 9.65. The Morgan fingerprint density at radius 3 is 2.78 bits per heavy atom. The summed E-state index contributed by atoms with van der Waals surface area (Å²) in [6, 6.07) is 13.8. The fraction of sp³-hybridized carbons (Fsp3) is 0.217. The summed E-state index contributed by atoms with van der Waals surface area (Å²) in [5.41, 5.74) is 3.15. The van der Waals surface area contributed by atoms with Crippen LogP contribution in [0.25, 0.3) is 0 Å². The Morgan fingerprint density at radius 1 is 1.16 bits per heavy atom. The monoisotopic (exact) mass is 453 g/mol. The number of nitrogens with zero attached hydrogens (tertiary/aromatic N) is 3. The van der Waals surface area contributed by atoms with Crippen LogP contribution in [0.5, 0.6) is 5.75 Å². The summed E-state index contributed by atoms with van der Waals surface area (Å²) in [4.78, 5) is 33.7. The largest absolute Gasteiger partial charge is 0.482 e. The lowest BCUT2D eigenvalue weighted by atomic mass is 9.88. The molecule has 0 saturated carbocycles. The molecule has 0 saturated heterocycles. The van der Waals surface area contributed by atoms with Crippen LogP contribution in [0.4, 0.5) is 4.79 Å². The van der Waals surface area contributed by atoms with E-state index in [0.29, 0.717) is 35.0 Å². The topological polar surface area (TPSA) is 102 Å². The third kappa shape index (κ3) is 4.81. The summed E-state index contributed by atoms with van der Waals surface area (Å²) in [5.74, 6) is -0.761. The third-order valence-electron chi connectivity index (χ3n) is 5.12. The number of carboxylic acids is 1. The molecule has 0 radical (unpaired) electrons. The van der Waals surface area contributed by atoms with Crippen molar-refractivity contribution in [2.75, 3.05) is 13.2 Å². The van der Waals surface area contributed by atoms with Crippen molar-refractivity contribution in [1.29, 1.82) is 0 Å². The van der Waals surface area contributed by atoms with Crippen molar-refractivity contribution in [1.82, 2.24) is 14.9 Å². The van der Waals surface area contributed by atoms with Crippen LogP contribution < -0.4 is 4.74 Å². The van der Waals surface area contributed by atoms with Crippen molar-refractivity contribution in [3.05, 3.63) is 88.5 Å². The van der Waals surface area contributed by atoms with E-state index in [1.807, 2.05) is 24.3 Å². The lowest BCUT2D eigenvalue weighted by Gasteiger charge is -2.37. The number of halogens is 1. The van der Waals surface area contributed by atoms with Crippen molar-refractivity contribution in [3.8, 4) is 5.75 Å². The normalized spacial score (nSPS) is 15.0. The molecule has 0 fully saturated rings. The van der Waals surface area contributed by atoms with E-state index in [4.69, 9.17) is 26.2 Å². The Bertz CT molecular complexity index is 1130. The highest BCUT2D eigenvalue weighted by molar-refractivity contribution is 6.30. The highest BCUT2D eigenvalue weighted by Crippen LogP contribution is 2.40.